The Morgan fingerprint density at radius 1 is 1.26 bits per heavy atom. The van der Waals surface area contributed by atoms with Gasteiger partial charge in [-0.3, -0.25) is 9.69 Å². The zero-order valence-electron chi connectivity index (χ0n) is 16.3. The number of ether oxygens (including phenoxy) is 1. The van der Waals surface area contributed by atoms with Crippen molar-refractivity contribution in [2.24, 2.45) is 0 Å². The van der Waals surface area contributed by atoms with Crippen LogP contribution in [0.5, 0.6) is 5.75 Å². The summed E-state index contributed by atoms with van der Waals surface area (Å²) in [5.41, 5.74) is 0.0620. The number of benzene rings is 2. The summed E-state index contributed by atoms with van der Waals surface area (Å²) in [7, 11) is 0. The first kappa shape index (κ1) is 20.7. The number of alkyl halides is 3. The van der Waals surface area contributed by atoms with Crippen molar-refractivity contribution in [3.8, 4) is 5.75 Å². The number of halogens is 3. The Hall–Kier alpha value is -3.53. The molecular formula is C21H18F3N3O4. The van der Waals surface area contributed by atoms with E-state index in [-0.39, 0.29) is 36.2 Å². The van der Waals surface area contributed by atoms with Gasteiger partial charge in [0.05, 0.1) is 35.7 Å². The minimum atomic E-state index is -4.46. The maximum Gasteiger partial charge on any atom is 0.416 e. The van der Waals surface area contributed by atoms with Crippen LogP contribution in [0.4, 0.5) is 30.6 Å². The van der Waals surface area contributed by atoms with E-state index in [9.17, 15) is 23.1 Å². The van der Waals surface area contributed by atoms with Gasteiger partial charge in [-0.05, 0) is 43.3 Å². The highest BCUT2D eigenvalue weighted by Gasteiger charge is 2.34. The minimum absolute atomic E-state index is 0.0789. The molecule has 0 saturated heterocycles. The molecule has 1 aromatic heterocycles. The van der Waals surface area contributed by atoms with E-state index in [1.165, 1.54) is 18.2 Å². The molecule has 2 heterocycles. The number of para-hydroxylation sites is 1. The van der Waals surface area contributed by atoms with Gasteiger partial charge in [0, 0.05) is 5.69 Å². The fraction of sp³-hybridized carbons (Fsp3) is 0.238. The minimum Gasteiger partial charge on any atom is -0.488 e. The summed E-state index contributed by atoms with van der Waals surface area (Å²) in [6.45, 7) is 1.58. The maximum atomic E-state index is 12.8. The summed E-state index contributed by atoms with van der Waals surface area (Å²) in [4.78, 5) is 18.7. The van der Waals surface area contributed by atoms with Crippen molar-refractivity contribution in [1.82, 2.24) is 4.98 Å². The van der Waals surface area contributed by atoms with E-state index in [4.69, 9.17) is 9.15 Å². The van der Waals surface area contributed by atoms with Gasteiger partial charge >= 0.3 is 12.2 Å². The third kappa shape index (κ3) is 4.06. The van der Waals surface area contributed by atoms with E-state index in [1.54, 1.807) is 30.2 Å². The number of aliphatic hydroxyl groups excluding tert-OH is 1. The van der Waals surface area contributed by atoms with Crippen molar-refractivity contribution in [1.29, 1.82) is 0 Å². The summed E-state index contributed by atoms with van der Waals surface area (Å²) in [5, 5.41) is 12.3. The lowest BCUT2D eigenvalue weighted by Crippen LogP contribution is -2.43. The van der Waals surface area contributed by atoms with Gasteiger partial charge in [0.1, 0.15) is 12.4 Å². The van der Waals surface area contributed by atoms with E-state index in [0.717, 1.165) is 12.1 Å². The smallest absolute Gasteiger partial charge is 0.416 e. The Balaban J connectivity index is 1.64. The first-order valence-corrected chi connectivity index (χ1v) is 9.35. The molecule has 10 heteroatoms. The monoisotopic (exact) mass is 433 g/mol. The Morgan fingerprint density at radius 3 is 2.61 bits per heavy atom. The van der Waals surface area contributed by atoms with Crippen molar-refractivity contribution in [2.45, 2.75) is 19.1 Å². The summed E-state index contributed by atoms with van der Waals surface area (Å²) < 4.78 is 49.6. The Labute approximate surface area is 175 Å². The van der Waals surface area contributed by atoms with E-state index >= 15 is 0 Å². The molecule has 162 valence electrons. The normalized spacial score (nSPS) is 15.9. The molecule has 0 aliphatic carbocycles. The first-order valence-electron chi connectivity index (χ1n) is 9.35. The molecule has 7 nitrogen and oxygen atoms in total. The number of fused-ring (bicyclic) bond motifs is 1. The van der Waals surface area contributed by atoms with Crippen molar-refractivity contribution < 1.29 is 32.2 Å². The third-order valence-electron chi connectivity index (χ3n) is 4.78. The molecule has 1 aliphatic rings. The van der Waals surface area contributed by atoms with Crippen LogP contribution in [0.25, 0.3) is 0 Å². The SMILES string of the molecule is Cc1cnc(N2c3cccc(C(=O)Nc4ccc(C(F)(F)F)cc4)c3OCC2CO)o1. The van der Waals surface area contributed by atoms with Crippen molar-refractivity contribution >= 4 is 23.3 Å². The van der Waals surface area contributed by atoms with Gasteiger partial charge in [0.25, 0.3) is 5.91 Å². The zero-order chi connectivity index (χ0) is 22.2. The number of hydrogen-bond donors (Lipinski definition) is 2. The van der Waals surface area contributed by atoms with Gasteiger partial charge in [-0.25, -0.2) is 4.98 Å². The topological polar surface area (TPSA) is 87.8 Å². The average molecular weight is 433 g/mol. The number of amides is 1. The van der Waals surface area contributed by atoms with Crippen LogP contribution in [0.3, 0.4) is 0 Å². The number of anilines is 3. The van der Waals surface area contributed by atoms with Crippen LogP contribution >= 0.6 is 0 Å². The van der Waals surface area contributed by atoms with Crippen molar-refractivity contribution in [3.05, 3.63) is 65.5 Å². The van der Waals surface area contributed by atoms with Crippen molar-refractivity contribution in [3.63, 3.8) is 0 Å². The van der Waals surface area contributed by atoms with E-state index < -0.39 is 23.7 Å². The third-order valence-corrected chi connectivity index (χ3v) is 4.78. The predicted molar refractivity (Wildman–Crippen MR) is 106 cm³/mol. The van der Waals surface area contributed by atoms with Crippen LogP contribution in [-0.4, -0.2) is 35.3 Å². The summed E-state index contributed by atoms with van der Waals surface area (Å²) in [6.07, 6.45) is -2.92. The van der Waals surface area contributed by atoms with Gasteiger partial charge in [-0.2, -0.15) is 13.2 Å². The van der Waals surface area contributed by atoms with E-state index in [1.807, 2.05) is 0 Å². The van der Waals surface area contributed by atoms with Gasteiger partial charge < -0.3 is 19.6 Å². The summed E-state index contributed by atoms with van der Waals surface area (Å²) in [5.74, 6) is 0.283. The second-order valence-electron chi connectivity index (χ2n) is 6.95. The molecule has 3 aromatic rings. The molecule has 2 N–H and O–H groups in total. The lowest BCUT2D eigenvalue weighted by Gasteiger charge is -2.35. The Bertz CT molecular complexity index is 1100. The molecule has 0 saturated carbocycles. The van der Waals surface area contributed by atoms with Crippen molar-refractivity contribution in [2.75, 3.05) is 23.4 Å². The fourth-order valence-electron chi connectivity index (χ4n) is 3.28. The lowest BCUT2D eigenvalue weighted by molar-refractivity contribution is -0.137. The number of carbonyl (C=O) groups excluding carboxylic acids is 1. The summed E-state index contributed by atoms with van der Waals surface area (Å²) in [6, 6.07) is 8.80. The second kappa shape index (κ2) is 7.95. The first-order chi connectivity index (χ1) is 14.8. The highest BCUT2D eigenvalue weighted by Crippen LogP contribution is 2.41. The van der Waals surface area contributed by atoms with Gasteiger partial charge in [-0.15, -0.1) is 0 Å². The lowest BCUT2D eigenvalue weighted by atomic mass is 10.1. The van der Waals surface area contributed by atoms with Crippen LogP contribution in [0.2, 0.25) is 0 Å². The fourth-order valence-corrected chi connectivity index (χ4v) is 3.28. The number of aromatic nitrogens is 1. The number of carbonyl (C=O) groups is 1. The number of aryl methyl sites for hydroxylation is 1. The van der Waals surface area contributed by atoms with E-state index in [0.29, 0.717) is 11.4 Å². The number of hydrogen-bond acceptors (Lipinski definition) is 6. The Morgan fingerprint density at radius 2 is 2.00 bits per heavy atom. The molecule has 0 radical (unpaired) electrons. The quantitative estimate of drug-likeness (QED) is 0.643. The molecule has 0 bridgehead atoms. The van der Waals surface area contributed by atoms with Crippen LogP contribution in [0, 0.1) is 6.92 Å². The molecule has 2 aromatic carbocycles. The van der Waals surface area contributed by atoms with Gasteiger partial charge in [0.15, 0.2) is 5.75 Å². The molecule has 1 amide bonds. The van der Waals surface area contributed by atoms with Crippen LogP contribution in [0.1, 0.15) is 21.7 Å². The van der Waals surface area contributed by atoms with Crippen LogP contribution < -0.4 is 15.0 Å². The zero-order valence-corrected chi connectivity index (χ0v) is 16.3. The highest BCUT2D eigenvalue weighted by molar-refractivity contribution is 6.07. The number of nitrogens with zero attached hydrogens (tertiary/aromatic N) is 2. The number of rotatable bonds is 4. The predicted octanol–water partition coefficient (Wildman–Crippen LogP) is 4.15. The molecule has 1 unspecified atom stereocenters. The molecule has 31 heavy (non-hydrogen) atoms. The largest absolute Gasteiger partial charge is 0.488 e. The number of oxazole rings is 1. The highest BCUT2D eigenvalue weighted by atomic mass is 19.4. The Kier molecular flexibility index (Phi) is 5.32. The molecule has 1 aliphatic heterocycles. The van der Waals surface area contributed by atoms with Gasteiger partial charge in [0.2, 0.25) is 0 Å². The summed E-state index contributed by atoms with van der Waals surface area (Å²) >= 11 is 0. The van der Waals surface area contributed by atoms with Gasteiger partial charge in [-0.1, -0.05) is 6.07 Å². The molecule has 1 atom stereocenters. The molecular weight excluding hydrogens is 415 g/mol. The average Bonchev–Trinajstić information content (AvgIpc) is 3.17. The number of aliphatic hydroxyl groups is 1. The standard InChI is InChI=1S/C21H18F3N3O4/c1-12-9-25-20(31-12)27-15(10-28)11-30-18-16(3-2-4-17(18)27)19(29)26-14-7-5-13(6-8-14)21(22,23)24/h2-9,15,28H,10-11H2,1H3,(H,26,29). The number of nitrogens with one attached hydrogen (secondary N) is 1. The van der Waals surface area contributed by atoms with E-state index in [2.05, 4.69) is 10.3 Å². The van der Waals surface area contributed by atoms with Crippen LogP contribution in [0.15, 0.2) is 53.1 Å². The molecule has 0 fully saturated rings. The maximum absolute atomic E-state index is 12.8. The van der Waals surface area contributed by atoms with Crippen LogP contribution in [-0.2, 0) is 6.18 Å². The second-order valence-corrected chi connectivity index (χ2v) is 6.95. The molecule has 4 rings (SSSR count). The molecule has 0 spiro atoms.